The van der Waals surface area contributed by atoms with Crippen LogP contribution in [0.2, 0.25) is 0 Å². The molecule has 0 aliphatic rings. The highest BCUT2D eigenvalue weighted by Crippen LogP contribution is 2.19. The minimum absolute atomic E-state index is 0.210. The molecule has 1 unspecified atom stereocenters. The van der Waals surface area contributed by atoms with Crippen molar-refractivity contribution in [2.24, 2.45) is 5.92 Å². The molecule has 2 aromatic carbocycles. The molecule has 2 rings (SSSR count). The highest BCUT2D eigenvalue weighted by molar-refractivity contribution is 5.69. The van der Waals surface area contributed by atoms with Gasteiger partial charge in [-0.1, -0.05) is 44.0 Å². The van der Waals surface area contributed by atoms with Crippen LogP contribution in [0, 0.1) is 11.7 Å². The number of halogens is 1. The third-order valence-corrected chi connectivity index (χ3v) is 4.58. The number of carboxylic acids is 1. The summed E-state index contributed by atoms with van der Waals surface area (Å²) in [6.07, 6.45) is 5.43. The molecule has 1 atom stereocenters. The number of hydrogen-bond donors (Lipinski definition) is 1. The lowest BCUT2D eigenvalue weighted by molar-refractivity contribution is -0.142. The Hall–Kier alpha value is -2.36. The van der Waals surface area contributed by atoms with E-state index in [1.807, 2.05) is 25.1 Å². The number of carbonyl (C=O) groups is 1. The molecule has 0 bridgehead atoms. The first-order valence-corrected chi connectivity index (χ1v) is 9.27. The number of benzene rings is 2. The molecule has 0 spiro atoms. The first kappa shape index (κ1) is 20.0. The predicted octanol–water partition coefficient (Wildman–Crippen LogP) is 5.62. The largest absolute Gasteiger partial charge is 0.489 e. The molecule has 0 aliphatic heterocycles. The molecule has 26 heavy (non-hydrogen) atoms. The van der Waals surface area contributed by atoms with Crippen LogP contribution in [0.25, 0.3) is 0 Å². The molecular weight excluding hydrogens is 331 g/mol. The van der Waals surface area contributed by atoms with Crippen LogP contribution >= 0.6 is 0 Å². The minimum Gasteiger partial charge on any atom is -0.489 e. The van der Waals surface area contributed by atoms with Gasteiger partial charge in [0.15, 0.2) is 0 Å². The van der Waals surface area contributed by atoms with E-state index in [9.17, 15) is 9.18 Å². The van der Waals surface area contributed by atoms with Gasteiger partial charge in [-0.3, -0.25) is 4.79 Å². The summed E-state index contributed by atoms with van der Waals surface area (Å²) in [6, 6.07) is 14.3. The molecule has 2 aromatic rings. The van der Waals surface area contributed by atoms with Gasteiger partial charge in [-0.15, -0.1) is 0 Å². The van der Waals surface area contributed by atoms with Gasteiger partial charge in [0.05, 0.1) is 5.92 Å². The Morgan fingerprint density at radius 3 is 2.54 bits per heavy atom. The van der Waals surface area contributed by atoms with Crippen LogP contribution < -0.4 is 4.74 Å². The molecule has 3 nitrogen and oxygen atoms in total. The van der Waals surface area contributed by atoms with E-state index >= 15 is 0 Å². The van der Waals surface area contributed by atoms with E-state index in [1.165, 1.54) is 17.7 Å². The molecule has 0 radical (unpaired) electrons. The lowest BCUT2D eigenvalue weighted by Gasteiger charge is -2.10. The zero-order valence-electron chi connectivity index (χ0n) is 15.3. The van der Waals surface area contributed by atoms with Crippen molar-refractivity contribution in [3.05, 3.63) is 65.5 Å². The average molecular weight is 358 g/mol. The third kappa shape index (κ3) is 6.87. The number of aliphatic carboxylic acids is 1. The summed E-state index contributed by atoms with van der Waals surface area (Å²) in [5, 5.41) is 9.05. The summed E-state index contributed by atoms with van der Waals surface area (Å²) in [4.78, 5) is 11.0. The van der Waals surface area contributed by atoms with Gasteiger partial charge in [-0.2, -0.15) is 0 Å². The van der Waals surface area contributed by atoms with E-state index in [-0.39, 0.29) is 11.7 Å². The summed E-state index contributed by atoms with van der Waals surface area (Å²) in [6.45, 7) is 2.34. The van der Waals surface area contributed by atoms with Crippen molar-refractivity contribution in [2.75, 3.05) is 0 Å². The van der Waals surface area contributed by atoms with Crippen LogP contribution in [0.1, 0.15) is 50.2 Å². The van der Waals surface area contributed by atoms with Gasteiger partial charge >= 0.3 is 5.97 Å². The fourth-order valence-electron chi connectivity index (χ4n) is 2.94. The van der Waals surface area contributed by atoms with Gasteiger partial charge in [0.25, 0.3) is 0 Å². The normalized spacial score (nSPS) is 11.9. The van der Waals surface area contributed by atoms with E-state index in [1.54, 1.807) is 12.1 Å². The maximum atomic E-state index is 12.9. The molecule has 4 heteroatoms. The van der Waals surface area contributed by atoms with Crippen molar-refractivity contribution in [3.63, 3.8) is 0 Å². The highest BCUT2D eigenvalue weighted by atomic mass is 19.1. The standard InChI is InChI=1S/C22H27FO3/c1-2-19(22(24)25)9-5-3-4-7-17-8-6-10-21(15-17)26-16-18-11-13-20(23)14-12-18/h6,8,10-15,19H,2-5,7,9,16H2,1H3,(H,24,25). The number of carboxylic acid groups (broad SMARTS) is 1. The van der Waals surface area contributed by atoms with Crippen molar-refractivity contribution < 1.29 is 19.0 Å². The van der Waals surface area contributed by atoms with E-state index in [0.717, 1.165) is 43.4 Å². The molecule has 1 N–H and O–H groups in total. The van der Waals surface area contributed by atoms with Crippen molar-refractivity contribution in [1.29, 1.82) is 0 Å². The highest BCUT2D eigenvalue weighted by Gasteiger charge is 2.13. The molecule has 140 valence electrons. The molecule has 0 saturated carbocycles. The first-order valence-electron chi connectivity index (χ1n) is 9.27. The quantitative estimate of drug-likeness (QED) is 0.530. The monoisotopic (exact) mass is 358 g/mol. The van der Waals surface area contributed by atoms with Crippen LogP contribution in [0.4, 0.5) is 4.39 Å². The summed E-state index contributed by atoms with van der Waals surface area (Å²) >= 11 is 0. The van der Waals surface area contributed by atoms with Gasteiger partial charge in [0, 0.05) is 0 Å². The second kappa shape index (κ2) is 10.6. The van der Waals surface area contributed by atoms with Gasteiger partial charge in [0.1, 0.15) is 18.2 Å². The Balaban J connectivity index is 1.72. The number of ether oxygens (including phenoxy) is 1. The fraction of sp³-hybridized carbons (Fsp3) is 0.409. The molecule has 0 aliphatic carbocycles. The predicted molar refractivity (Wildman–Crippen MR) is 101 cm³/mol. The van der Waals surface area contributed by atoms with Crippen LogP contribution in [-0.2, 0) is 17.8 Å². The van der Waals surface area contributed by atoms with Crippen molar-refractivity contribution in [1.82, 2.24) is 0 Å². The Labute approximate surface area is 154 Å². The summed E-state index contributed by atoms with van der Waals surface area (Å²) < 4.78 is 18.7. The van der Waals surface area contributed by atoms with Gasteiger partial charge < -0.3 is 9.84 Å². The molecule has 0 fully saturated rings. The summed E-state index contributed by atoms with van der Waals surface area (Å²) in [5.41, 5.74) is 2.15. The van der Waals surface area contributed by atoms with Crippen LogP contribution in [0.15, 0.2) is 48.5 Å². The molecule has 0 aromatic heterocycles. The Bertz CT molecular complexity index is 682. The fourth-order valence-corrected chi connectivity index (χ4v) is 2.94. The van der Waals surface area contributed by atoms with E-state index in [4.69, 9.17) is 9.84 Å². The Morgan fingerprint density at radius 1 is 1.08 bits per heavy atom. The number of aryl methyl sites for hydroxylation is 1. The molecule has 0 heterocycles. The lowest BCUT2D eigenvalue weighted by Crippen LogP contribution is -2.12. The lowest BCUT2D eigenvalue weighted by atomic mass is 9.97. The second-order valence-corrected chi connectivity index (χ2v) is 6.61. The number of hydrogen-bond acceptors (Lipinski definition) is 2. The maximum Gasteiger partial charge on any atom is 0.306 e. The van der Waals surface area contributed by atoms with Gasteiger partial charge in [-0.25, -0.2) is 4.39 Å². The average Bonchev–Trinajstić information content (AvgIpc) is 2.64. The zero-order chi connectivity index (χ0) is 18.8. The van der Waals surface area contributed by atoms with Crippen LogP contribution in [0.5, 0.6) is 5.75 Å². The summed E-state index contributed by atoms with van der Waals surface area (Å²) in [5.74, 6) is -0.329. The summed E-state index contributed by atoms with van der Waals surface area (Å²) in [7, 11) is 0. The molecular formula is C22H27FO3. The Morgan fingerprint density at radius 2 is 1.85 bits per heavy atom. The second-order valence-electron chi connectivity index (χ2n) is 6.61. The van der Waals surface area contributed by atoms with Crippen molar-refractivity contribution in [3.8, 4) is 5.75 Å². The zero-order valence-corrected chi connectivity index (χ0v) is 15.3. The third-order valence-electron chi connectivity index (χ3n) is 4.58. The topological polar surface area (TPSA) is 46.5 Å². The smallest absolute Gasteiger partial charge is 0.306 e. The van der Waals surface area contributed by atoms with Crippen molar-refractivity contribution >= 4 is 5.97 Å². The van der Waals surface area contributed by atoms with Crippen LogP contribution in [-0.4, -0.2) is 11.1 Å². The first-order chi connectivity index (χ1) is 12.6. The molecule has 0 saturated heterocycles. The molecule has 0 amide bonds. The Kier molecular flexibility index (Phi) is 8.13. The number of rotatable bonds is 11. The van der Waals surface area contributed by atoms with E-state index < -0.39 is 5.97 Å². The van der Waals surface area contributed by atoms with Crippen molar-refractivity contribution in [2.45, 2.75) is 52.1 Å². The van der Waals surface area contributed by atoms with Gasteiger partial charge in [0.2, 0.25) is 0 Å². The number of unbranched alkanes of at least 4 members (excludes halogenated alkanes) is 2. The SMILES string of the molecule is CCC(CCCCCc1cccc(OCc2ccc(F)cc2)c1)C(=O)O. The van der Waals surface area contributed by atoms with Gasteiger partial charge in [-0.05, 0) is 61.1 Å². The van der Waals surface area contributed by atoms with Crippen LogP contribution in [0.3, 0.4) is 0 Å². The van der Waals surface area contributed by atoms with E-state index in [0.29, 0.717) is 13.0 Å². The minimum atomic E-state index is -0.682. The maximum absolute atomic E-state index is 12.9. The van der Waals surface area contributed by atoms with E-state index in [2.05, 4.69) is 6.07 Å².